The van der Waals surface area contributed by atoms with Crippen molar-refractivity contribution in [3.8, 4) is 0 Å². The lowest BCUT2D eigenvalue weighted by Crippen LogP contribution is -2.28. The largest absolute Gasteiger partial charge is 0.299 e. The lowest BCUT2D eigenvalue weighted by molar-refractivity contribution is -0.129. The van der Waals surface area contributed by atoms with Gasteiger partial charge in [-0.05, 0) is 6.42 Å². The highest BCUT2D eigenvalue weighted by atomic mass is 32.2. The lowest BCUT2D eigenvalue weighted by atomic mass is 9.83. The van der Waals surface area contributed by atoms with Crippen molar-refractivity contribution in [2.45, 2.75) is 27.2 Å². The Morgan fingerprint density at radius 3 is 2.15 bits per heavy atom. The van der Waals surface area contributed by atoms with Gasteiger partial charge in [0.2, 0.25) is 0 Å². The summed E-state index contributed by atoms with van der Waals surface area (Å²) in [4.78, 5) is 11.7. The van der Waals surface area contributed by atoms with Gasteiger partial charge in [-0.2, -0.15) is 0 Å². The number of hydrogen-bond acceptors (Lipinski definition) is 3. The van der Waals surface area contributed by atoms with Gasteiger partial charge in [-0.15, -0.1) is 0 Å². The second-order valence-electron chi connectivity index (χ2n) is 4.71. The van der Waals surface area contributed by atoms with Crippen LogP contribution in [-0.2, 0) is 14.6 Å². The molecule has 0 aromatic heterocycles. The van der Waals surface area contributed by atoms with E-state index < -0.39 is 15.3 Å². The summed E-state index contributed by atoms with van der Waals surface area (Å²) in [5.41, 5.74) is -0.412. The second-order valence-corrected chi connectivity index (χ2v) is 6.94. The number of rotatable bonds is 1. The molecule has 1 unspecified atom stereocenters. The van der Waals surface area contributed by atoms with Crippen molar-refractivity contribution in [2.75, 3.05) is 11.5 Å². The molecule has 0 aliphatic carbocycles. The van der Waals surface area contributed by atoms with Gasteiger partial charge in [-0.1, -0.05) is 20.8 Å². The van der Waals surface area contributed by atoms with Crippen molar-refractivity contribution in [1.82, 2.24) is 0 Å². The molecule has 0 radical (unpaired) electrons. The molecule has 0 saturated carbocycles. The summed E-state index contributed by atoms with van der Waals surface area (Å²) < 4.78 is 22.2. The van der Waals surface area contributed by atoms with Crippen molar-refractivity contribution in [2.24, 2.45) is 11.3 Å². The van der Waals surface area contributed by atoms with Crippen molar-refractivity contribution < 1.29 is 13.2 Å². The summed E-state index contributed by atoms with van der Waals surface area (Å²) in [6.07, 6.45) is 0.512. The average molecular weight is 204 g/mol. The molecule has 1 atom stereocenters. The number of hydrogen-bond donors (Lipinski definition) is 0. The summed E-state index contributed by atoms with van der Waals surface area (Å²) in [5, 5.41) is 0. The molecule has 0 N–H and O–H groups in total. The van der Waals surface area contributed by atoms with Crippen LogP contribution >= 0.6 is 0 Å². The third-order valence-electron chi connectivity index (χ3n) is 2.34. The highest BCUT2D eigenvalue weighted by Gasteiger charge is 2.37. The van der Waals surface area contributed by atoms with Gasteiger partial charge >= 0.3 is 0 Å². The monoisotopic (exact) mass is 204 g/mol. The zero-order chi connectivity index (χ0) is 10.3. The van der Waals surface area contributed by atoms with Crippen LogP contribution in [0, 0.1) is 11.3 Å². The van der Waals surface area contributed by atoms with Gasteiger partial charge in [0.15, 0.2) is 9.84 Å². The third-order valence-corrected chi connectivity index (χ3v) is 4.11. The number of carbonyl (C=O) groups is 1. The third kappa shape index (κ3) is 2.53. The fraction of sp³-hybridized carbons (Fsp3) is 0.889. The molecular weight excluding hydrogens is 188 g/mol. The van der Waals surface area contributed by atoms with Gasteiger partial charge in [0, 0.05) is 11.3 Å². The fourth-order valence-electron chi connectivity index (χ4n) is 1.61. The normalized spacial score (nSPS) is 27.5. The van der Waals surface area contributed by atoms with Crippen LogP contribution in [-0.4, -0.2) is 25.7 Å². The molecule has 0 aromatic rings. The summed E-state index contributed by atoms with van der Waals surface area (Å²) in [6, 6.07) is 0. The van der Waals surface area contributed by atoms with Crippen LogP contribution in [0.1, 0.15) is 27.2 Å². The Labute approximate surface area is 79.4 Å². The Bertz CT molecular complexity index is 308. The predicted octanol–water partition coefficient (Wildman–Crippen LogP) is 1.04. The van der Waals surface area contributed by atoms with E-state index in [1.807, 2.05) is 20.8 Å². The molecule has 0 amide bonds. The van der Waals surface area contributed by atoms with Crippen molar-refractivity contribution in [1.29, 1.82) is 0 Å². The Balaban J connectivity index is 2.73. The van der Waals surface area contributed by atoms with Crippen molar-refractivity contribution in [3.63, 3.8) is 0 Å². The van der Waals surface area contributed by atoms with Crippen molar-refractivity contribution >= 4 is 15.6 Å². The maximum Gasteiger partial charge on any atom is 0.151 e. The Morgan fingerprint density at radius 2 is 1.85 bits per heavy atom. The second kappa shape index (κ2) is 3.08. The van der Waals surface area contributed by atoms with E-state index in [1.165, 1.54) is 0 Å². The maximum absolute atomic E-state index is 11.7. The molecule has 0 aromatic carbocycles. The van der Waals surface area contributed by atoms with E-state index in [9.17, 15) is 13.2 Å². The van der Waals surface area contributed by atoms with E-state index in [-0.39, 0.29) is 23.2 Å². The van der Waals surface area contributed by atoms with Crippen LogP contribution in [0.5, 0.6) is 0 Å². The number of ketones is 1. The number of Topliss-reactive ketones (excluding diaryl/α,β-unsaturated/α-hetero) is 1. The molecule has 1 saturated heterocycles. The van der Waals surface area contributed by atoms with Gasteiger partial charge in [-0.25, -0.2) is 8.42 Å². The molecule has 0 spiro atoms. The molecule has 4 heteroatoms. The van der Waals surface area contributed by atoms with Gasteiger partial charge in [0.1, 0.15) is 5.78 Å². The zero-order valence-electron chi connectivity index (χ0n) is 8.33. The topological polar surface area (TPSA) is 51.2 Å². The summed E-state index contributed by atoms with van der Waals surface area (Å²) >= 11 is 0. The van der Waals surface area contributed by atoms with E-state index in [4.69, 9.17) is 0 Å². The quantitative estimate of drug-likeness (QED) is 0.641. The molecule has 0 bridgehead atoms. The van der Waals surface area contributed by atoms with E-state index in [1.54, 1.807) is 0 Å². The summed E-state index contributed by atoms with van der Waals surface area (Å²) in [5.74, 6) is 0.0568. The lowest BCUT2D eigenvalue weighted by Gasteiger charge is -2.20. The minimum absolute atomic E-state index is 0.0586. The fourth-order valence-corrected chi connectivity index (χ4v) is 3.36. The maximum atomic E-state index is 11.7. The van der Waals surface area contributed by atoms with Crippen molar-refractivity contribution in [3.05, 3.63) is 0 Å². The smallest absolute Gasteiger partial charge is 0.151 e. The van der Waals surface area contributed by atoms with Crippen LogP contribution in [0.25, 0.3) is 0 Å². The van der Waals surface area contributed by atoms with Gasteiger partial charge in [-0.3, -0.25) is 4.79 Å². The number of carbonyl (C=O) groups excluding carboxylic acids is 1. The van der Waals surface area contributed by atoms with Crippen LogP contribution in [0.4, 0.5) is 0 Å². The minimum Gasteiger partial charge on any atom is -0.299 e. The van der Waals surface area contributed by atoms with Crippen LogP contribution in [0.2, 0.25) is 0 Å². The molecule has 76 valence electrons. The summed E-state index contributed by atoms with van der Waals surface area (Å²) in [6.45, 7) is 5.50. The average Bonchev–Trinajstić information content (AvgIpc) is 2.26. The first-order chi connectivity index (χ1) is 5.72. The first kappa shape index (κ1) is 10.7. The Kier molecular flexibility index (Phi) is 2.54. The molecule has 1 fully saturated rings. The molecule has 1 rings (SSSR count). The van der Waals surface area contributed by atoms with E-state index in [0.717, 1.165) is 0 Å². The first-order valence-electron chi connectivity index (χ1n) is 4.47. The zero-order valence-corrected chi connectivity index (χ0v) is 9.15. The van der Waals surface area contributed by atoms with Crippen LogP contribution < -0.4 is 0 Å². The highest BCUT2D eigenvalue weighted by Crippen LogP contribution is 2.27. The van der Waals surface area contributed by atoms with E-state index in [0.29, 0.717) is 6.42 Å². The van der Waals surface area contributed by atoms with Gasteiger partial charge in [0.05, 0.1) is 11.5 Å². The molecule has 3 nitrogen and oxygen atoms in total. The minimum atomic E-state index is -2.92. The highest BCUT2D eigenvalue weighted by molar-refractivity contribution is 7.91. The first-order valence-corrected chi connectivity index (χ1v) is 6.29. The van der Waals surface area contributed by atoms with Crippen LogP contribution in [0.15, 0.2) is 0 Å². The molecule has 1 heterocycles. The number of sulfone groups is 1. The Hall–Kier alpha value is -0.380. The van der Waals surface area contributed by atoms with E-state index >= 15 is 0 Å². The predicted molar refractivity (Wildman–Crippen MR) is 51.2 cm³/mol. The van der Waals surface area contributed by atoms with Gasteiger partial charge < -0.3 is 0 Å². The molecular formula is C9H16O3S. The summed E-state index contributed by atoms with van der Waals surface area (Å²) in [7, 11) is -2.92. The van der Waals surface area contributed by atoms with Gasteiger partial charge in [0.25, 0.3) is 0 Å². The SMILES string of the molecule is CC(C)(C)C(=O)C1CCS(=O)(=O)C1. The van der Waals surface area contributed by atoms with Crippen LogP contribution in [0.3, 0.4) is 0 Å². The molecule has 1 aliphatic heterocycles. The molecule has 13 heavy (non-hydrogen) atoms. The molecule has 1 aliphatic rings. The Morgan fingerprint density at radius 1 is 1.31 bits per heavy atom. The van der Waals surface area contributed by atoms with E-state index in [2.05, 4.69) is 0 Å². The standard InChI is InChI=1S/C9H16O3S/c1-9(2,3)8(10)7-4-5-13(11,12)6-7/h7H,4-6H2,1-3H3.